The van der Waals surface area contributed by atoms with Crippen molar-refractivity contribution in [2.75, 3.05) is 26.7 Å². The molecule has 0 radical (unpaired) electrons. The van der Waals surface area contributed by atoms with Gasteiger partial charge in [0.05, 0.1) is 0 Å². The normalized spacial score (nSPS) is 25.7. The number of rotatable bonds is 7. The Morgan fingerprint density at radius 2 is 1.83 bits per heavy atom. The topological polar surface area (TPSA) is 43.8 Å². The van der Waals surface area contributed by atoms with Crippen LogP contribution in [0.2, 0.25) is 0 Å². The van der Waals surface area contributed by atoms with Gasteiger partial charge in [-0.1, -0.05) is 44.2 Å². The highest BCUT2D eigenvalue weighted by Crippen LogP contribution is 2.27. The van der Waals surface area contributed by atoms with Gasteiger partial charge in [-0.05, 0) is 37.4 Å². The monoisotopic (exact) mass is 318 g/mol. The smallest absolute Gasteiger partial charge is 0.303 e. The van der Waals surface area contributed by atoms with Crippen molar-refractivity contribution in [3.63, 3.8) is 0 Å². The quantitative estimate of drug-likeness (QED) is 0.839. The summed E-state index contributed by atoms with van der Waals surface area (Å²) in [6, 6.07) is 11.2. The maximum absolute atomic E-state index is 10.7. The van der Waals surface area contributed by atoms with Crippen molar-refractivity contribution < 1.29 is 9.90 Å². The summed E-state index contributed by atoms with van der Waals surface area (Å²) in [6.07, 6.45) is 0.995. The fourth-order valence-corrected chi connectivity index (χ4v) is 4.13. The van der Waals surface area contributed by atoms with Gasteiger partial charge in [0.2, 0.25) is 0 Å². The summed E-state index contributed by atoms with van der Waals surface area (Å²) >= 11 is 0. The van der Waals surface area contributed by atoms with Gasteiger partial charge in [0.15, 0.2) is 0 Å². The summed E-state index contributed by atoms with van der Waals surface area (Å²) in [7, 11) is 2.15. The van der Waals surface area contributed by atoms with Crippen LogP contribution in [0.4, 0.5) is 0 Å². The number of carboxylic acids is 1. The van der Waals surface area contributed by atoms with Crippen LogP contribution in [0.3, 0.4) is 0 Å². The standard InChI is InChI=1S/C19H30N2O2/c1-15-12-21(14-17-8-5-4-6-9-17)13-16(2)19(15)20(3)11-7-10-18(22)23/h4-6,8-9,15-16,19H,7,10-14H2,1-3H3,(H,22,23). The van der Waals surface area contributed by atoms with Crippen LogP contribution in [-0.2, 0) is 11.3 Å². The molecule has 1 aromatic rings. The summed E-state index contributed by atoms with van der Waals surface area (Å²) in [5, 5.41) is 8.79. The molecule has 2 atom stereocenters. The molecule has 2 rings (SSSR count). The molecule has 0 amide bonds. The number of hydrogen-bond acceptors (Lipinski definition) is 3. The van der Waals surface area contributed by atoms with Crippen LogP contribution in [0.5, 0.6) is 0 Å². The SMILES string of the molecule is CC1CN(Cc2ccccc2)CC(C)C1N(C)CCCC(=O)O. The minimum absolute atomic E-state index is 0.264. The van der Waals surface area contributed by atoms with Gasteiger partial charge in [-0.15, -0.1) is 0 Å². The van der Waals surface area contributed by atoms with Gasteiger partial charge in [-0.2, -0.15) is 0 Å². The Hall–Kier alpha value is -1.39. The number of carboxylic acid groups (broad SMARTS) is 1. The Morgan fingerprint density at radius 3 is 2.39 bits per heavy atom. The Labute approximate surface area is 140 Å². The van der Waals surface area contributed by atoms with Crippen molar-refractivity contribution in [1.29, 1.82) is 0 Å². The lowest BCUT2D eigenvalue weighted by molar-refractivity contribution is -0.137. The van der Waals surface area contributed by atoms with Crippen LogP contribution in [0, 0.1) is 11.8 Å². The van der Waals surface area contributed by atoms with E-state index in [4.69, 9.17) is 5.11 Å². The molecule has 1 aliphatic heterocycles. The van der Waals surface area contributed by atoms with E-state index in [9.17, 15) is 4.79 Å². The average Bonchev–Trinajstić information content (AvgIpc) is 2.47. The molecule has 128 valence electrons. The first kappa shape index (κ1) is 18.0. The van der Waals surface area contributed by atoms with E-state index in [0.717, 1.165) is 32.6 Å². The summed E-state index contributed by atoms with van der Waals surface area (Å²) in [6.45, 7) is 8.74. The molecule has 4 heteroatoms. The van der Waals surface area contributed by atoms with Gasteiger partial charge in [0, 0.05) is 32.1 Å². The number of aliphatic carboxylic acids is 1. The minimum atomic E-state index is -0.697. The molecule has 0 aromatic heterocycles. The third kappa shape index (κ3) is 5.33. The predicted molar refractivity (Wildman–Crippen MR) is 93.3 cm³/mol. The Bertz CT molecular complexity index is 479. The van der Waals surface area contributed by atoms with Crippen molar-refractivity contribution >= 4 is 5.97 Å². The zero-order valence-electron chi connectivity index (χ0n) is 14.6. The van der Waals surface area contributed by atoms with Crippen molar-refractivity contribution in [3.8, 4) is 0 Å². The molecule has 2 unspecified atom stereocenters. The molecule has 0 saturated carbocycles. The van der Waals surface area contributed by atoms with E-state index in [-0.39, 0.29) is 6.42 Å². The highest BCUT2D eigenvalue weighted by molar-refractivity contribution is 5.66. The van der Waals surface area contributed by atoms with E-state index < -0.39 is 5.97 Å². The van der Waals surface area contributed by atoms with E-state index in [0.29, 0.717) is 17.9 Å². The third-order valence-electron chi connectivity index (χ3n) is 4.92. The lowest BCUT2D eigenvalue weighted by atomic mass is 9.84. The van der Waals surface area contributed by atoms with Crippen molar-refractivity contribution in [2.24, 2.45) is 11.8 Å². The van der Waals surface area contributed by atoms with E-state index >= 15 is 0 Å². The highest BCUT2D eigenvalue weighted by Gasteiger charge is 2.34. The molecule has 1 saturated heterocycles. The summed E-state index contributed by atoms with van der Waals surface area (Å²) in [5.41, 5.74) is 1.38. The first-order valence-corrected chi connectivity index (χ1v) is 8.65. The van der Waals surface area contributed by atoms with Gasteiger partial charge in [0.25, 0.3) is 0 Å². The first-order valence-electron chi connectivity index (χ1n) is 8.65. The molecular weight excluding hydrogens is 288 g/mol. The molecule has 1 aromatic carbocycles. The molecule has 1 fully saturated rings. The predicted octanol–water partition coefficient (Wildman–Crippen LogP) is 2.94. The number of piperidine rings is 1. The molecule has 1 heterocycles. The lowest BCUT2D eigenvalue weighted by Gasteiger charge is -2.45. The van der Waals surface area contributed by atoms with Crippen LogP contribution in [0.1, 0.15) is 32.3 Å². The fourth-order valence-electron chi connectivity index (χ4n) is 4.13. The molecular formula is C19H30N2O2. The van der Waals surface area contributed by atoms with E-state index in [1.54, 1.807) is 0 Å². The van der Waals surface area contributed by atoms with Crippen LogP contribution in [0.15, 0.2) is 30.3 Å². The minimum Gasteiger partial charge on any atom is -0.481 e. The second-order valence-electron chi connectivity index (χ2n) is 7.10. The molecule has 23 heavy (non-hydrogen) atoms. The number of likely N-dealkylation sites (tertiary alicyclic amines) is 1. The maximum atomic E-state index is 10.7. The van der Waals surface area contributed by atoms with E-state index in [1.165, 1.54) is 5.56 Å². The van der Waals surface area contributed by atoms with Crippen molar-refractivity contribution in [1.82, 2.24) is 9.80 Å². The summed E-state index contributed by atoms with van der Waals surface area (Å²) in [5.74, 6) is 0.492. The van der Waals surface area contributed by atoms with Crippen LogP contribution in [0.25, 0.3) is 0 Å². The molecule has 4 nitrogen and oxygen atoms in total. The summed E-state index contributed by atoms with van der Waals surface area (Å²) < 4.78 is 0. The molecule has 1 aliphatic rings. The van der Waals surface area contributed by atoms with Crippen molar-refractivity contribution in [3.05, 3.63) is 35.9 Å². The van der Waals surface area contributed by atoms with Gasteiger partial charge in [0.1, 0.15) is 0 Å². The largest absolute Gasteiger partial charge is 0.481 e. The van der Waals surface area contributed by atoms with E-state index in [2.05, 4.69) is 61.0 Å². The Morgan fingerprint density at radius 1 is 1.22 bits per heavy atom. The van der Waals surface area contributed by atoms with Crippen LogP contribution >= 0.6 is 0 Å². The van der Waals surface area contributed by atoms with Crippen molar-refractivity contribution in [2.45, 2.75) is 39.3 Å². The van der Waals surface area contributed by atoms with Gasteiger partial charge in [-0.3, -0.25) is 9.69 Å². The Balaban J connectivity index is 1.87. The van der Waals surface area contributed by atoms with E-state index in [1.807, 2.05) is 0 Å². The second kappa shape index (κ2) is 8.46. The number of nitrogens with zero attached hydrogens (tertiary/aromatic N) is 2. The average molecular weight is 318 g/mol. The first-order chi connectivity index (χ1) is 11.0. The van der Waals surface area contributed by atoms with Crippen LogP contribution < -0.4 is 0 Å². The third-order valence-corrected chi connectivity index (χ3v) is 4.92. The summed E-state index contributed by atoms with van der Waals surface area (Å²) in [4.78, 5) is 15.6. The van der Waals surface area contributed by atoms with Gasteiger partial charge >= 0.3 is 5.97 Å². The van der Waals surface area contributed by atoms with Gasteiger partial charge < -0.3 is 10.0 Å². The fraction of sp³-hybridized carbons (Fsp3) is 0.632. The zero-order valence-corrected chi connectivity index (χ0v) is 14.6. The molecule has 0 bridgehead atoms. The van der Waals surface area contributed by atoms with Gasteiger partial charge in [-0.25, -0.2) is 0 Å². The maximum Gasteiger partial charge on any atom is 0.303 e. The molecule has 1 N–H and O–H groups in total. The molecule has 0 aliphatic carbocycles. The Kier molecular flexibility index (Phi) is 6.60. The lowest BCUT2D eigenvalue weighted by Crippen LogP contribution is -2.53. The number of hydrogen-bond donors (Lipinski definition) is 1. The highest BCUT2D eigenvalue weighted by atomic mass is 16.4. The van der Waals surface area contributed by atoms with Crippen LogP contribution in [-0.4, -0.2) is 53.6 Å². The number of carbonyl (C=O) groups is 1. The molecule has 0 spiro atoms. The second-order valence-corrected chi connectivity index (χ2v) is 7.10. The number of benzene rings is 1. The zero-order chi connectivity index (χ0) is 16.8.